The van der Waals surface area contributed by atoms with E-state index in [0.29, 0.717) is 5.56 Å². The fourth-order valence-electron chi connectivity index (χ4n) is 2.21. The summed E-state index contributed by atoms with van der Waals surface area (Å²) in [5, 5.41) is 3.20. The maximum atomic E-state index is 12.0. The van der Waals surface area contributed by atoms with Gasteiger partial charge in [0.15, 0.2) is 5.78 Å². The highest BCUT2D eigenvalue weighted by molar-refractivity contribution is 5.98. The third-order valence-electron chi connectivity index (χ3n) is 3.45. The van der Waals surface area contributed by atoms with Crippen LogP contribution in [0.25, 0.3) is 0 Å². The highest BCUT2D eigenvalue weighted by atomic mass is 35.5. The highest BCUT2D eigenvalue weighted by Gasteiger charge is 2.17. The molecule has 0 saturated carbocycles. The van der Waals surface area contributed by atoms with Crippen LogP contribution in [-0.4, -0.2) is 49.9 Å². The number of ketones is 1. The van der Waals surface area contributed by atoms with Crippen LogP contribution in [0.3, 0.4) is 0 Å². The third kappa shape index (κ3) is 5.02. The van der Waals surface area contributed by atoms with E-state index in [1.807, 2.05) is 4.90 Å². The van der Waals surface area contributed by atoms with Gasteiger partial charge in [0.1, 0.15) is 5.75 Å². The minimum atomic E-state index is -0.00358. The number of carbonyl (C=O) groups excluding carboxylic acids is 2. The van der Waals surface area contributed by atoms with Crippen molar-refractivity contribution in [3.8, 4) is 5.75 Å². The van der Waals surface area contributed by atoms with Gasteiger partial charge in [-0.3, -0.25) is 9.59 Å². The first kappa shape index (κ1) is 17.5. The predicted molar refractivity (Wildman–Crippen MR) is 83.3 cm³/mol. The first-order valence-electron chi connectivity index (χ1n) is 6.86. The van der Waals surface area contributed by atoms with Crippen LogP contribution in [0, 0.1) is 0 Å². The number of benzene rings is 1. The number of ether oxygens (including phenoxy) is 1. The lowest BCUT2D eigenvalue weighted by Crippen LogP contribution is -2.46. The largest absolute Gasteiger partial charge is 0.497 e. The molecule has 1 N–H and O–H groups in total. The molecule has 1 fully saturated rings. The minimum Gasteiger partial charge on any atom is -0.497 e. The van der Waals surface area contributed by atoms with Gasteiger partial charge in [-0.1, -0.05) is 0 Å². The molecular weight excluding hydrogens is 292 g/mol. The molecule has 0 unspecified atom stereocenters. The number of Topliss-reactive ketones (excluding diaryl/α,β-unsaturated/α-hetero) is 1. The number of methoxy groups -OCH3 is 1. The number of halogens is 1. The van der Waals surface area contributed by atoms with Crippen LogP contribution >= 0.6 is 12.4 Å². The molecule has 1 aliphatic heterocycles. The van der Waals surface area contributed by atoms with Crippen molar-refractivity contribution < 1.29 is 14.3 Å². The molecule has 1 aromatic rings. The van der Waals surface area contributed by atoms with Crippen LogP contribution in [0.15, 0.2) is 24.3 Å². The summed E-state index contributed by atoms with van der Waals surface area (Å²) in [7, 11) is 1.59. The summed E-state index contributed by atoms with van der Waals surface area (Å²) < 4.78 is 5.05. The number of piperazine rings is 1. The fraction of sp³-hybridized carbons (Fsp3) is 0.467. The first-order chi connectivity index (χ1) is 9.70. The van der Waals surface area contributed by atoms with Crippen molar-refractivity contribution >= 4 is 24.1 Å². The molecule has 21 heavy (non-hydrogen) atoms. The maximum Gasteiger partial charge on any atom is 0.223 e. The summed E-state index contributed by atoms with van der Waals surface area (Å²) in [6.07, 6.45) is 0.542. The fourth-order valence-corrected chi connectivity index (χ4v) is 2.21. The first-order valence-corrected chi connectivity index (χ1v) is 6.86. The lowest BCUT2D eigenvalue weighted by Gasteiger charge is -2.27. The Labute approximate surface area is 131 Å². The monoisotopic (exact) mass is 312 g/mol. The van der Waals surface area contributed by atoms with Crippen molar-refractivity contribution in [3.05, 3.63) is 29.8 Å². The molecule has 0 radical (unpaired) electrons. The van der Waals surface area contributed by atoms with Gasteiger partial charge in [0.25, 0.3) is 0 Å². The molecule has 5 nitrogen and oxygen atoms in total. The summed E-state index contributed by atoms with van der Waals surface area (Å²) in [5.74, 6) is 0.781. The van der Waals surface area contributed by atoms with Crippen LogP contribution in [0.2, 0.25) is 0 Å². The molecule has 1 aliphatic rings. The molecule has 0 bridgehead atoms. The molecule has 0 spiro atoms. The molecule has 0 aliphatic carbocycles. The van der Waals surface area contributed by atoms with Crippen molar-refractivity contribution in [1.82, 2.24) is 10.2 Å². The van der Waals surface area contributed by atoms with E-state index >= 15 is 0 Å². The third-order valence-corrected chi connectivity index (χ3v) is 3.45. The molecule has 116 valence electrons. The van der Waals surface area contributed by atoms with E-state index in [9.17, 15) is 9.59 Å². The highest BCUT2D eigenvalue weighted by Crippen LogP contribution is 2.13. The van der Waals surface area contributed by atoms with Crippen molar-refractivity contribution in [2.24, 2.45) is 0 Å². The van der Waals surface area contributed by atoms with E-state index in [4.69, 9.17) is 4.74 Å². The van der Waals surface area contributed by atoms with Gasteiger partial charge >= 0.3 is 0 Å². The molecule has 2 rings (SSSR count). The Bertz CT molecular complexity index is 470. The lowest BCUT2D eigenvalue weighted by atomic mass is 10.1. The molecule has 6 heteroatoms. The number of hydrogen-bond donors (Lipinski definition) is 1. The number of amides is 1. The molecule has 1 heterocycles. The van der Waals surface area contributed by atoms with Gasteiger partial charge in [0.05, 0.1) is 7.11 Å². The van der Waals surface area contributed by atoms with Gasteiger partial charge in [0, 0.05) is 44.6 Å². The molecule has 1 amide bonds. The maximum absolute atomic E-state index is 12.0. The van der Waals surface area contributed by atoms with E-state index in [1.54, 1.807) is 31.4 Å². The van der Waals surface area contributed by atoms with Crippen molar-refractivity contribution in [2.75, 3.05) is 33.3 Å². The van der Waals surface area contributed by atoms with E-state index in [-0.39, 0.29) is 36.9 Å². The summed E-state index contributed by atoms with van der Waals surface area (Å²) in [6.45, 7) is 3.13. The zero-order valence-corrected chi connectivity index (χ0v) is 12.9. The average molecular weight is 313 g/mol. The summed E-state index contributed by atoms with van der Waals surface area (Å²) >= 11 is 0. The number of carbonyl (C=O) groups is 2. The lowest BCUT2D eigenvalue weighted by molar-refractivity contribution is -0.131. The van der Waals surface area contributed by atoms with Crippen LogP contribution in [-0.2, 0) is 4.79 Å². The quantitative estimate of drug-likeness (QED) is 0.837. The van der Waals surface area contributed by atoms with Crippen LogP contribution in [0.4, 0.5) is 0 Å². The Morgan fingerprint density at radius 1 is 1.14 bits per heavy atom. The standard InChI is InChI=1S/C15H20N2O3.ClH/c1-20-13-4-2-12(3-5-13)14(18)6-7-15(19)17-10-8-16-9-11-17;/h2-5,16H,6-11H2,1H3;1H. The van der Waals surface area contributed by atoms with Crippen molar-refractivity contribution in [2.45, 2.75) is 12.8 Å². The Hall–Kier alpha value is -1.59. The predicted octanol–water partition coefficient (Wildman–Crippen LogP) is 1.51. The summed E-state index contributed by atoms with van der Waals surface area (Å²) in [5.41, 5.74) is 0.624. The Balaban J connectivity index is 0.00000220. The van der Waals surface area contributed by atoms with Gasteiger partial charge in [-0.25, -0.2) is 0 Å². The van der Waals surface area contributed by atoms with E-state index < -0.39 is 0 Å². The van der Waals surface area contributed by atoms with Gasteiger partial charge in [-0.15, -0.1) is 12.4 Å². The van der Waals surface area contributed by atoms with E-state index in [0.717, 1.165) is 31.9 Å². The molecule has 1 saturated heterocycles. The van der Waals surface area contributed by atoms with Crippen LogP contribution in [0.1, 0.15) is 23.2 Å². The summed E-state index contributed by atoms with van der Waals surface area (Å²) in [4.78, 5) is 25.8. The number of nitrogens with one attached hydrogen (secondary N) is 1. The normalized spacial score (nSPS) is 14.2. The van der Waals surface area contributed by atoms with E-state index in [2.05, 4.69) is 5.32 Å². The Kier molecular flexibility index (Phi) is 7.19. The SMILES string of the molecule is COc1ccc(C(=O)CCC(=O)N2CCNCC2)cc1.Cl. The summed E-state index contributed by atoms with van der Waals surface area (Å²) in [6, 6.07) is 6.98. The second-order valence-electron chi connectivity index (χ2n) is 4.78. The van der Waals surface area contributed by atoms with Crippen molar-refractivity contribution in [1.29, 1.82) is 0 Å². The molecule has 0 atom stereocenters. The number of hydrogen-bond acceptors (Lipinski definition) is 4. The van der Waals surface area contributed by atoms with Gasteiger partial charge in [0.2, 0.25) is 5.91 Å². The van der Waals surface area contributed by atoms with Gasteiger partial charge in [-0.05, 0) is 24.3 Å². The molecule has 1 aromatic carbocycles. The zero-order valence-electron chi connectivity index (χ0n) is 12.1. The smallest absolute Gasteiger partial charge is 0.223 e. The minimum absolute atomic E-state index is 0. The average Bonchev–Trinajstić information content (AvgIpc) is 2.53. The van der Waals surface area contributed by atoms with Gasteiger partial charge < -0.3 is 15.0 Å². The second-order valence-corrected chi connectivity index (χ2v) is 4.78. The van der Waals surface area contributed by atoms with Gasteiger partial charge in [-0.2, -0.15) is 0 Å². The van der Waals surface area contributed by atoms with E-state index in [1.165, 1.54) is 0 Å². The zero-order chi connectivity index (χ0) is 14.4. The second kappa shape index (κ2) is 8.64. The Morgan fingerprint density at radius 2 is 1.76 bits per heavy atom. The molecule has 0 aromatic heterocycles. The number of nitrogens with zero attached hydrogens (tertiary/aromatic N) is 1. The molecular formula is C15H21ClN2O3. The van der Waals surface area contributed by atoms with Crippen LogP contribution < -0.4 is 10.1 Å². The van der Waals surface area contributed by atoms with Crippen molar-refractivity contribution in [3.63, 3.8) is 0 Å². The van der Waals surface area contributed by atoms with Crippen LogP contribution in [0.5, 0.6) is 5.75 Å². The Morgan fingerprint density at radius 3 is 2.33 bits per heavy atom. The number of rotatable bonds is 5. The topological polar surface area (TPSA) is 58.6 Å².